The smallest absolute Gasteiger partial charge is 0.217 e. The monoisotopic (exact) mass is 248 g/mol. The third-order valence-corrected chi connectivity index (χ3v) is 5.86. The van der Waals surface area contributed by atoms with E-state index in [4.69, 9.17) is 4.74 Å². The fourth-order valence-electron chi connectivity index (χ4n) is 2.23. The van der Waals surface area contributed by atoms with Gasteiger partial charge in [-0.15, -0.1) is 0 Å². The van der Waals surface area contributed by atoms with E-state index in [0.717, 1.165) is 19.3 Å². The van der Waals surface area contributed by atoms with Gasteiger partial charge in [0.15, 0.2) is 0 Å². The SMILES string of the molecule is CNCC1COCCN1S(=O)(=O)C1CCC1. The molecular weight excluding hydrogens is 228 g/mol. The molecule has 2 fully saturated rings. The second kappa shape index (κ2) is 5.00. The minimum absolute atomic E-state index is 0.0376. The number of hydrogen-bond donors (Lipinski definition) is 1. The summed E-state index contributed by atoms with van der Waals surface area (Å²) in [5, 5.41) is 2.89. The lowest BCUT2D eigenvalue weighted by atomic mass is 10.0. The molecule has 1 aliphatic heterocycles. The van der Waals surface area contributed by atoms with E-state index in [-0.39, 0.29) is 11.3 Å². The highest BCUT2D eigenvalue weighted by Crippen LogP contribution is 2.30. The lowest BCUT2D eigenvalue weighted by molar-refractivity contribution is 0.0326. The number of rotatable bonds is 4. The van der Waals surface area contributed by atoms with Crippen LogP contribution in [0.3, 0.4) is 0 Å². The average molecular weight is 248 g/mol. The topological polar surface area (TPSA) is 58.6 Å². The molecule has 16 heavy (non-hydrogen) atoms. The minimum Gasteiger partial charge on any atom is -0.378 e. The third-order valence-electron chi connectivity index (χ3n) is 3.41. The normalized spacial score (nSPS) is 28.9. The molecule has 0 amide bonds. The van der Waals surface area contributed by atoms with Crippen molar-refractivity contribution in [1.29, 1.82) is 0 Å². The highest BCUT2D eigenvalue weighted by molar-refractivity contribution is 7.89. The number of ether oxygens (including phenoxy) is 1. The molecule has 1 atom stereocenters. The molecule has 1 unspecified atom stereocenters. The van der Waals surface area contributed by atoms with Gasteiger partial charge in [0.1, 0.15) is 0 Å². The van der Waals surface area contributed by atoms with Gasteiger partial charge in [-0.2, -0.15) is 4.31 Å². The molecule has 5 nitrogen and oxygen atoms in total. The van der Waals surface area contributed by atoms with Gasteiger partial charge in [0.05, 0.1) is 24.5 Å². The standard InChI is InChI=1S/C10H20N2O3S/c1-11-7-9-8-15-6-5-12(9)16(13,14)10-3-2-4-10/h9-11H,2-8H2,1H3. The van der Waals surface area contributed by atoms with Crippen LogP contribution in [-0.4, -0.2) is 57.4 Å². The quantitative estimate of drug-likeness (QED) is 0.748. The van der Waals surface area contributed by atoms with Crippen LogP contribution in [0, 0.1) is 0 Å². The maximum Gasteiger partial charge on any atom is 0.217 e. The second-order valence-electron chi connectivity index (χ2n) is 4.49. The number of nitrogens with one attached hydrogen (secondary N) is 1. The van der Waals surface area contributed by atoms with Crippen molar-refractivity contribution >= 4 is 10.0 Å². The Morgan fingerprint density at radius 2 is 2.19 bits per heavy atom. The Kier molecular flexibility index (Phi) is 3.84. The van der Waals surface area contributed by atoms with E-state index < -0.39 is 10.0 Å². The van der Waals surface area contributed by atoms with Gasteiger partial charge in [0.25, 0.3) is 0 Å². The van der Waals surface area contributed by atoms with E-state index in [1.54, 1.807) is 4.31 Å². The molecule has 0 spiro atoms. The summed E-state index contributed by atoms with van der Waals surface area (Å²) in [6.07, 6.45) is 2.70. The zero-order valence-corrected chi connectivity index (χ0v) is 10.5. The first-order valence-corrected chi connectivity index (χ1v) is 7.39. The van der Waals surface area contributed by atoms with E-state index in [9.17, 15) is 8.42 Å². The van der Waals surface area contributed by atoms with Crippen molar-refractivity contribution in [3.8, 4) is 0 Å². The Balaban J connectivity index is 2.09. The number of sulfonamides is 1. The Labute approximate surface area is 97.2 Å². The molecule has 0 aromatic rings. The van der Waals surface area contributed by atoms with E-state index >= 15 is 0 Å². The van der Waals surface area contributed by atoms with Crippen molar-refractivity contribution in [2.24, 2.45) is 0 Å². The van der Waals surface area contributed by atoms with Crippen LogP contribution in [0.1, 0.15) is 19.3 Å². The van der Waals surface area contributed by atoms with E-state index in [1.165, 1.54) is 0 Å². The second-order valence-corrected chi connectivity index (χ2v) is 6.66. The molecule has 1 saturated carbocycles. The van der Waals surface area contributed by atoms with Crippen molar-refractivity contribution in [1.82, 2.24) is 9.62 Å². The molecule has 2 rings (SSSR count). The molecule has 1 N–H and O–H groups in total. The first kappa shape index (κ1) is 12.3. The zero-order chi connectivity index (χ0) is 11.6. The van der Waals surface area contributed by atoms with E-state index in [0.29, 0.717) is 26.3 Å². The van der Waals surface area contributed by atoms with Crippen LogP contribution < -0.4 is 5.32 Å². The Bertz CT molecular complexity index is 325. The fraction of sp³-hybridized carbons (Fsp3) is 1.00. The molecule has 2 aliphatic rings. The molecule has 0 radical (unpaired) electrons. The summed E-state index contributed by atoms with van der Waals surface area (Å²) < 4.78 is 31.6. The minimum atomic E-state index is -3.08. The van der Waals surface area contributed by atoms with Gasteiger partial charge in [-0.1, -0.05) is 6.42 Å². The van der Waals surface area contributed by atoms with Gasteiger partial charge >= 0.3 is 0 Å². The highest BCUT2D eigenvalue weighted by atomic mass is 32.2. The summed E-state index contributed by atoms with van der Waals surface area (Å²) in [5.41, 5.74) is 0. The largest absolute Gasteiger partial charge is 0.378 e. The first-order valence-electron chi connectivity index (χ1n) is 5.89. The van der Waals surface area contributed by atoms with Gasteiger partial charge in [-0.3, -0.25) is 0 Å². The molecule has 0 bridgehead atoms. The lowest BCUT2D eigenvalue weighted by Crippen LogP contribution is -2.55. The molecule has 0 aromatic heterocycles. The van der Waals surface area contributed by atoms with E-state index in [1.807, 2.05) is 7.05 Å². The summed E-state index contributed by atoms with van der Waals surface area (Å²) in [6.45, 7) is 2.19. The van der Waals surface area contributed by atoms with Crippen LogP contribution in [-0.2, 0) is 14.8 Å². The van der Waals surface area contributed by atoms with Gasteiger partial charge in [-0.05, 0) is 19.9 Å². The first-order chi connectivity index (χ1) is 7.66. The summed E-state index contributed by atoms with van der Waals surface area (Å²) >= 11 is 0. The summed E-state index contributed by atoms with van der Waals surface area (Å²) in [4.78, 5) is 0. The van der Waals surface area contributed by atoms with Crippen molar-refractivity contribution < 1.29 is 13.2 Å². The lowest BCUT2D eigenvalue weighted by Gasteiger charge is -2.39. The Morgan fingerprint density at radius 1 is 1.44 bits per heavy atom. The molecule has 1 saturated heterocycles. The van der Waals surface area contributed by atoms with Crippen LogP contribution >= 0.6 is 0 Å². The maximum absolute atomic E-state index is 12.3. The van der Waals surface area contributed by atoms with Crippen LogP contribution in [0.4, 0.5) is 0 Å². The van der Waals surface area contributed by atoms with Crippen molar-refractivity contribution in [3.63, 3.8) is 0 Å². The molecular formula is C10H20N2O3S. The Hall–Kier alpha value is -0.170. The van der Waals surface area contributed by atoms with Crippen molar-refractivity contribution in [2.75, 3.05) is 33.4 Å². The van der Waals surface area contributed by atoms with Crippen LogP contribution in [0.2, 0.25) is 0 Å². The van der Waals surface area contributed by atoms with Gasteiger partial charge in [0, 0.05) is 13.1 Å². The van der Waals surface area contributed by atoms with Crippen molar-refractivity contribution in [3.05, 3.63) is 0 Å². The number of nitrogens with zero attached hydrogens (tertiary/aromatic N) is 1. The molecule has 94 valence electrons. The predicted molar refractivity (Wildman–Crippen MR) is 61.8 cm³/mol. The molecule has 6 heteroatoms. The average Bonchev–Trinajstić information content (AvgIpc) is 2.15. The number of hydrogen-bond acceptors (Lipinski definition) is 4. The third kappa shape index (κ3) is 2.25. The summed E-state index contributed by atoms with van der Waals surface area (Å²) in [5.74, 6) is 0. The summed E-state index contributed by atoms with van der Waals surface area (Å²) in [7, 11) is -1.25. The molecule has 0 aromatic carbocycles. The van der Waals surface area contributed by atoms with Gasteiger partial charge < -0.3 is 10.1 Å². The zero-order valence-electron chi connectivity index (χ0n) is 9.68. The van der Waals surface area contributed by atoms with E-state index in [2.05, 4.69) is 5.32 Å². The van der Waals surface area contributed by atoms with Gasteiger partial charge in [0.2, 0.25) is 10.0 Å². The van der Waals surface area contributed by atoms with Gasteiger partial charge in [-0.25, -0.2) is 8.42 Å². The maximum atomic E-state index is 12.3. The van der Waals surface area contributed by atoms with Crippen LogP contribution in [0.5, 0.6) is 0 Å². The molecule has 1 heterocycles. The molecule has 1 aliphatic carbocycles. The van der Waals surface area contributed by atoms with Crippen molar-refractivity contribution in [2.45, 2.75) is 30.6 Å². The summed E-state index contributed by atoms with van der Waals surface area (Å²) in [6, 6.07) is -0.0376. The Morgan fingerprint density at radius 3 is 2.75 bits per heavy atom. The highest BCUT2D eigenvalue weighted by Gasteiger charge is 2.40. The number of likely N-dealkylation sites (N-methyl/N-ethyl adjacent to an activating group) is 1. The number of morpholine rings is 1. The van der Waals surface area contributed by atoms with Crippen LogP contribution in [0.25, 0.3) is 0 Å². The fourth-order valence-corrected chi connectivity index (χ4v) is 4.42. The predicted octanol–water partition coefficient (Wildman–Crippen LogP) is -0.211. The van der Waals surface area contributed by atoms with Crippen LogP contribution in [0.15, 0.2) is 0 Å².